The average Bonchev–Trinajstić information content (AvgIpc) is 3.24. The lowest BCUT2D eigenvalue weighted by Crippen LogP contribution is -2.78. The summed E-state index contributed by atoms with van der Waals surface area (Å²) < 4.78 is 0. The summed E-state index contributed by atoms with van der Waals surface area (Å²) in [4.78, 5) is 9.76. The number of benzene rings is 7. The summed E-state index contributed by atoms with van der Waals surface area (Å²) in [6, 6.07) is 67.2. The normalized spacial score (nSPS) is 13.5. The fourth-order valence-corrected chi connectivity index (χ4v) is 9.52. The molecule has 7 aromatic carbocycles. The molecule has 11 rings (SSSR count). The number of hydrogen-bond acceptors (Lipinski definition) is 3. The van der Waals surface area contributed by atoms with Gasteiger partial charge in [-0.15, -0.1) is 0 Å². The molecule has 0 radical (unpaired) electrons. The number of anilines is 6. The van der Waals surface area contributed by atoms with Gasteiger partial charge in [0, 0.05) is 34.6 Å². The van der Waals surface area contributed by atoms with E-state index in [4.69, 9.17) is 4.98 Å². The Kier molecular flexibility index (Phi) is 6.84. The lowest BCUT2D eigenvalue weighted by atomic mass is 9.19. The fourth-order valence-electron chi connectivity index (χ4n) is 9.52. The van der Waals surface area contributed by atoms with Crippen LogP contribution < -0.4 is 59.0 Å². The quantitative estimate of drug-likeness (QED) is 0.257. The van der Waals surface area contributed by atoms with Crippen LogP contribution in [0.4, 0.5) is 34.1 Å². The van der Waals surface area contributed by atoms with Crippen molar-refractivity contribution in [2.45, 2.75) is 0 Å². The number of para-hydroxylation sites is 3. The standard InChI is InChI=1S/C47H32B3N3/c1-4-17-33(18-5-1)48-37-24-10-11-25-38(37)50-40-27-13-15-29-43(40)53(36-23-16-30-51-32-36)47-45(50)41(48)31-44-46(47)49(34-19-6-2-7-20-34)39-26-12-14-28-42(39)52(44)35-21-8-3-9-22-35/h1-32H. The number of aromatic nitrogens is 1. The molecular formula is C47H32B3N3. The van der Waals surface area contributed by atoms with Crippen molar-refractivity contribution in [1.29, 1.82) is 0 Å². The van der Waals surface area contributed by atoms with E-state index in [2.05, 4.69) is 192 Å². The minimum atomic E-state index is -0.0138. The van der Waals surface area contributed by atoms with Gasteiger partial charge >= 0.3 is 0 Å². The second kappa shape index (κ2) is 12.0. The highest BCUT2D eigenvalue weighted by Crippen LogP contribution is 2.41. The van der Waals surface area contributed by atoms with Gasteiger partial charge in [-0.2, -0.15) is 0 Å². The molecule has 244 valence electrons. The summed E-state index contributed by atoms with van der Waals surface area (Å²) in [5.41, 5.74) is 19.1. The van der Waals surface area contributed by atoms with Gasteiger partial charge in [0.2, 0.25) is 20.1 Å². The highest BCUT2D eigenvalue weighted by molar-refractivity contribution is 7.13. The molecule has 4 heterocycles. The van der Waals surface area contributed by atoms with Gasteiger partial charge in [0.05, 0.1) is 11.9 Å². The van der Waals surface area contributed by atoms with E-state index in [-0.39, 0.29) is 20.1 Å². The fraction of sp³-hybridized carbons (Fsp3) is 0. The monoisotopic (exact) mass is 671 g/mol. The molecule has 0 unspecified atom stereocenters. The summed E-state index contributed by atoms with van der Waals surface area (Å²) in [5.74, 6) is 0. The van der Waals surface area contributed by atoms with E-state index < -0.39 is 0 Å². The van der Waals surface area contributed by atoms with Gasteiger partial charge in [-0.3, -0.25) is 4.98 Å². The largest absolute Gasteiger partial charge is 0.311 e. The van der Waals surface area contributed by atoms with Crippen molar-refractivity contribution in [3.05, 3.63) is 194 Å². The Hall–Kier alpha value is -6.52. The molecule has 0 saturated carbocycles. The molecule has 6 heteroatoms. The molecule has 0 amide bonds. The van der Waals surface area contributed by atoms with E-state index in [0.717, 1.165) is 11.4 Å². The zero-order valence-corrected chi connectivity index (χ0v) is 29.0. The van der Waals surface area contributed by atoms with E-state index in [1.807, 2.05) is 12.4 Å². The maximum absolute atomic E-state index is 4.72. The predicted molar refractivity (Wildman–Crippen MR) is 227 cm³/mol. The smallest absolute Gasteiger partial charge is 0.249 e. The van der Waals surface area contributed by atoms with Crippen LogP contribution in [0.1, 0.15) is 0 Å². The zero-order chi connectivity index (χ0) is 34.9. The molecule has 0 saturated heterocycles. The Bertz CT molecular complexity index is 2640. The third-order valence-corrected chi connectivity index (χ3v) is 11.5. The Balaban J connectivity index is 1.36. The van der Waals surface area contributed by atoms with Crippen LogP contribution in [0.25, 0.3) is 0 Å². The highest BCUT2D eigenvalue weighted by Gasteiger charge is 2.49. The van der Waals surface area contributed by atoms with Crippen LogP contribution in [0, 0.1) is 0 Å². The van der Waals surface area contributed by atoms with Gasteiger partial charge in [-0.05, 0) is 64.3 Å². The maximum Gasteiger partial charge on any atom is 0.249 e. The minimum Gasteiger partial charge on any atom is -0.311 e. The Labute approximate surface area is 311 Å². The molecule has 0 atom stereocenters. The van der Waals surface area contributed by atoms with Crippen molar-refractivity contribution in [3.8, 4) is 0 Å². The van der Waals surface area contributed by atoms with Crippen molar-refractivity contribution >= 4 is 103 Å². The third kappa shape index (κ3) is 4.48. The van der Waals surface area contributed by atoms with E-state index >= 15 is 0 Å². The van der Waals surface area contributed by atoms with Gasteiger partial charge < -0.3 is 9.80 Å². The van der Waals surface area contributed by atoms with Gasteiger partial charge in [0.25, 0.3) is 0 Å². The van der Waals surface area contributed by atoms with Crippen LogP contribution in [-0.2, 0) is 0 Å². The lowest BCUT2D eigenvalue weighted by Gasteiger charge is -2.47. The molecule has 0 aliphatic carbocycles. The van der Waals surface area contributed by atoms with Crippen molar-refractivity contribution in [2.24, 2.45) is 0 Å². The molecule has 53 heavy (non-hydrogen) atoms. The second-order valence-electron chi connectivity index (χ2n) is 14.2. The number of fused-ring (bicyclic) bond motifs is 7. The molecular weight excluding hydrogens is 639 g/mol. The number of nitrogens with zero attached hydrogens (tertiary/aromatic N) is 3. The van der Waals surface area contributed by atoms with E-state index in [9.17, 15) is 0 Å². The average molecular weight is 671 g/mol. The Morgan fingerprint density at radius 2 is 0.868 bits per heavy atom. The first-order valence-corrected chi connectivity index (χ1v) is 18.5. The van der Waals surface area contributed by atoms with Crippen LogP contribution in [-0.4, -0.2) is 25.1 Å². The molecule has 0 fully saturated rings. The molecule has 0 spiro atoms. The third-order valence-electron chi connectivity index (χ3n) is 11.5. The van der Waals surface area contributed by atoms with Crippen LogP contribution >= 0.6 is 0 Å². The number of pyridine rings is 1. The molecule has 8 aromatic rings. The van der Waals surface area contributed by atoms with Crippen molar-refractivity contribution in [2.75, 3.05) is 9.80 Å². The molecule has 0 N–H and O–H groups in total. The molecule has 3 aliphatic heterocycles. The van der Waals surface area contributed by atoms with E-state index in [0.29, 0.717) is 0 Å². The summed E-state index contributed by atoms with van der Waals surface area (Å²) in [7, 11) is 0. The Morgan fingerprint density at radius 1 is 0.358 bits per heavy atom. The number of hydrogen-bond donors (Lipinski definition) is 0. The second-order valence-corrected chi connectivity index (χ2v) is 14.2. The molecule has 1 aromatic heterocycles. The van der Waals surface area contributed by atoms with Crippen LogP contribution in [0.5, 0.6) is 0 Å². The van der Waals surface area contributed by atoms with Gasteiger partial charge in [-0.25, -0.2) is 0 Å². The first-order valence-electron chi connectivity index (χ1n) is 18.5. The predicted octanol–water partition coefficient (Wildman–Crippen LogP) is 4.51. The minimum absolute atomic E-state index is 0.0138. The first-order chi connectivity index (χ1) is 26.4. The first kappa shape index (κ1) is 30.1. The van der Waals surface area contributed by atoms with Crippen molar-refractivity contribution in [3.63, 3.8) is 0 Å². The van der Waals surface area contributed by atoms with E-state index in [1.165, 1.54) is 71.9 Å². The Morgan fingerprint density at radius 3 is 1.51 bits per heavy atom. The van der Waals surface area contributed by atoms with Crippen LogP contribution in [0.15, 0.2) is 194 Å². The summed E-state index contributed by atoms with van der Waals surface area (Å²) in [6.07, 6.45) is 3.90. The summed E-state index contributed by atoms with van der Waals surface area (Å²) >= 11 is 0. The lowest BCUT2D eigenvalue weighted by molar-refractivity contribution is 1.23. The van der Waals surface area contributed by atoms with Crippen LogP contribution in [0.2, 0.25) is 0 Å². The topological polar surface area (TPSA) is 19.4 Å². The zero-order valence-electron chi connectivity index (χ0n) is 29.0. The maximum atomic E-state index is 4.72. The van der Waals surface area contributed by atoms with Gasteiger partial charge in [0.1, 0.15) is 0 Å². The molecule has 0 bridgehead atoms. The van der Waals surface area contributed by atoms with Crippen LogP contribution in [0.3, 0.4) is 0 Å². The number of rotatable bonds is 4. The van der Waals surface area contributed by atoms with Crippen molar-refractivity contribution in [1.82, 2.24) is 4.98 Å². The SMILES string of the molecule is c1ccc(B2c3ccccc3B3c4ccccc4N(c4cccnc4)c4c3c2cc2c4B(c3ccccc3)c3ccccc3N2c2ccccc2)cc1. The van der Waals surface area contributed by atoms with E-state index in [1.54, 1.807) is 0 Å². The summed E-state index contributed by atoms with van der Waals surface area (Å²) in [5, 5.41) is 0. The van der Waals surface area contributed by atoms with Gasteiger partial charge in [0.15, 0.2) is 0 Å². The van der Waals surface area contributed by atoms with Gasteiger partial charge in [-0.1, -0.05) is 167 Å². The highest BCUT2D eigenvalue weighted by atomic mass is 15.2. The molecule has 3 nitrogen and oxygen atoms in total. The summed E-state index contributed by atoms with van der Waals surface area (Å²) in [6.45, 7) is 0.0955. The molecule has 3 aliphatic rings. The van der Waals surface area contributed by atoms with Crippen molar-refractivity contribution < 1.29 is 0 Å².